The van der Waals surface area contributed by atoms with Crippen LogP contribution in [0.1, 0.15) is 45.4 Å². The van der Waals surface area contributed by atoms with Crippen molar-refractivity contribution in [2.45, 2.75) is 51.5 Å². The second-order valence-corrected chi connectivity index (χ2v) is 6.35. The van der Waals surface area contributed by atoms with Crippen LogP contribution < -0.4 is 11.1 Å². The smallest absolute Gasteiger partial charge is 0.222 e. The molecular weight excluding hydrogens is 254 g/mol. The molecule has 20 heavy (non-hydrogen) atoms. The molecule has 114 valence electrons. The lowest BCUT2D eigenvalue weighted by Gasteiger charge is -2.28. The maximum Gasteiger partial charge on any atom is 0.222 e. The molecule has 0 aromatic carbocycles. The summed E-state index contributed by atoms with van der Waals surface area (Å²) in [5, 5.41) is 2.90. The highest BCUT2D eigenvalue weighted by Gasteiger charge is 2.29. The SMILES string of the molecule is CC(=O)NC1CCN(C(=O)CC2CCC(CN)CC2)C1. The molecule has 2 fully saturated rings. The molecule has 0 aromatic rings. The van der Waals surface area contributed by atoms with Crippen molar-refractivity contribution in [3.8, 4) is 0 Å². The third-order valence-corrected chi connectivity index (χ3v) is 4.71. The Morgan fingerprint density at radius 1 is 1.15 bits per heavy atom. The number of carbonyl (C=O) groups is 2. The molecule has 1 saturated heterocycles. The van der Waals surface area contributed by atoms with E-state index in [2.05, 4.69) is 5.32 Å². The fourth-order valence-corrected chi connectivity index (χ4v) is 3.44. The van der Waals surface area contributed by atoms with Gasteiger partial charge in [-0.05, 0) is 50.5 Å². The number of hydrogen-bond donors (Lipinski definition) is 2. The monoisotopic (exact) mass is 281 g/mol. The summed E-state index contributed by atoms with van der Waals surface area (Å²) in [4.78, 5) is 25.2. The largest absolute Gasteiger partial charge is 0.352 e. The van der Waals surface area contributed by atoms with Gasteiger partial charge in [0, 0.05) is 32.5 Å². The highest BCUT2D eigenvalue weighted by atomic mass is 16.2. The molecule has 0 bridgehead atoms. The highest BCUT2D eigenvalue weighted by Crippen LogP contribution is 2.30. The number of nitrogens with zero attached hydrogens (tertiary/aromatic N) is 1. The lowest BCUT2D eigenvalue weighted by atomic mass is 9.80. The van der Waals surface area contributed by atoms with E-state index in [1.165, 1.54) is 19.8 Å². The van der Waals surface area contributed by atoms with Gasteiger partial charge in [-0.2, -0.15) is 0 Å². The zero-order valence-electron chi connectivity index (χ0n) is 12.4. The fraction of sp³-hybridized carbons (Fsp3) is 0.867. The van der Waals surface area contributed by atoms with Crippen LogP contribution in [0.4, 0.5) is 0 Å². The van der Waals surface area contributed by atoms with Crippen LogP contribution in [0.3, 0.4) is 0 Å². The van der Waals surface area contributed by atoms with Crippen molar-refractivity contribution in [2.75, 3.05) is 19.6 Å². The van der Waals surface area contributed by atoms with Crippen molar-refractivity contribution in [2.24, 2.45) is 17.6 Å². The fourth-order valence-electron chi connectivity index (χ4n) is 3.44. The number of amides is 2. The van der Waals surface area contributed by atoms with Crippen molar-refractivity contribution >= 4 is 11.8 Å². The van der Waals surface area contributed by atoms with Gasteiger partial charge >= 0.3 is 0 Å². The van der Waals surface area contributed by atoms with Gasteiger partial charge in [0.2, 0.25) is 11.8 Å². The minimum atomic E-state index is -0.00981. The van der Waals surface area contributed by atoms with Gasteiger partial charge < -0.3 is 16.0 Å². The van der Waals surface area contributed by atoms with Crippen molar-refractivity contribution in [1.29, 1.82) is 0 Å². The Balaban J connectivity index is 1.72. The van der Waals surface area contributed by atoms with E-state index in [0.29, 0.717) is 24.8 Å². The number of nitrogens with one attached hydrogen (secondary N) is 1. The average molecular weight is 281 g/mol. The first kappa shape index (κ1) is 15.3. The van der Waals surface area contributed by atoms with Crippen LogP contribution in [-0.4, -0.2) is 42.4 Å². The van der Waals surface area contributed by atoms with Crippen molar-refractivity contribution < 1.29 is 9.59 Å². The Hall–Kier alpha value is -1.10. The zero-order valence-corrected chi connectivity index (χ0v) is 12.4. The second kappa shape index (κ2) is 7.07. The molecule has 1 aliphatic heterocycles. The van der Waals surface area contributed by atoms with Gasteiger partial charge in [-0.25, -0.2) is 0 Å². The maximum absolute atomic E-state index is 12.3. The van der Waals surface area contributed by atoms with E-state index in [4.69, 9.17) is 5.73 Å². The molecule has 0 spiro atoms. The van der Waals surface area contributed by atoms with Crippen LogP contribution in [-0.2, 0) is 9.59 Å². The third kappa shape index (κ3) is 4.20. The average Bonchev–Trinajstić information content (AvgIpc) is 2.87. The normalized spacial score (nSPS) is 30.3. The van der Waals surface area contributed by atoms with Gasteiger partial charge in [-0.1, -0.05) is 0 Å². The molecule has 1 unspecified atom stereocenters. The number of hydrogen-bond acceptors (Lipinski definition) is 3. The van der Waals surface area contributed by atoms with E-state index in [1.807, 2.05) is 4.90 Å². The molecule has 3 N–H and O–H groups in total. The van der Waals surface area contributed by atoms with E-state index in [-0.39, 0.29) is 17.9 Å². The first-order valence-electron chi connectivity index (χ1n) is 7.83. The molecule has 5 heteroatoms. The van der Waals surface area contributed by atoms with Gasteiger partial charge in [0.1, 0.15) is 0 Å². The zero-order chi connectivity index (χ0) is 14.5. The molecule has 2 rings (SSSR count). The van der Waals surface area contributed by atoms with Crippen LogP contribution in [0.25, 0.3) is 0 Å². The lowest BCUT2D eigenvalue weighted by Crippen LogP contribution is -2.38. The summed E-state index contributed by atoms with van der Waals surface area (Å²) in [5.41, 5.74) is 5.69. The molecule has 0 aromatic heterocycles. The summed E-state index contributed by atoms with van der Waals surface area (Å²) in [6.07, 6.45) is 6.16. The summed E-state index contributed by atoms with van der Waals surface area (Å²) in [7, 11) is 0. The molecule has 2 aliphatic rings. The van der Waals surface area contributed by atoms with E-state index in [0.717, 1.165) is 32.4 Å². The second-order valence-electron chi connectivity index (χ2n) is 6.35. The van der Waals surface area contributed by atoms with Crippen molar-refractivity contribution in [3.63, 3.8) is 0 Å². The minimum Gasteiger partial charge on any atom is -0.352 e. The summed E-state index contributed by atoms with van der Waals surface area (Å²) in [6.45, 7) is 3.77. The molecule has 0 radical (unpaired) electrons. The van der Waals surface area contributed by atoms with Gasteiger partial charge in [0.15, 0.2) is 0 Å². The van der Waals surface area contributed by atoms with E-state index < -0.39 is 0 Å². The van der Waals surface area contributed by atoms with E-state index in [9.17, 15) is 9.59 Å². The lowest BCUT2D eigenvalue weighted by molar-refractivity contribution is -0.131. The Kier molecular flexibility index (Phi) is 5.40. The van der Waals surface area contributed by atoms with Crippen molar-refractivity contribution in [1.82, 2.24) is 10.2 Å². The minimum absolute atomic E-state index is 0.00981. The number of rotatable bonds is 4. The van der Waals surface area contributed by atoms with Crippen LogP contribution >= 0.6 is 0 Å². The number of likely N-dealkylation sites (tertiary alicyclic amines) is 1. The Bertz CT molecular complexity index is 351. The summed E-state index contributed by atoms with van der Waals surface area (Å²) >= 11 is 0. The van der Waals surface area contributed by atoms with Crippen LogP contribution in [0.2, 0.25) is 0 Å². The maximum atomic E-state index is 12.3. The van der Waals surface area contributed by atoms with E-state index in [1.54, 1.807) is 0 Å². The molecule has 2 amide bonds. The molecule has 1 aliphatic carbocycles. The predicted molar refractivity (Wildman–Crippen MR) is 77.9 cm³/mol. The highest BCUT2D eigenvalue weighted by molar-refractivity contribution is 5.77. The number of carbonyl (C=O) groups excluding carboxylic acids is 2. The van der Waals surface area contributed by atoms with Gasteiger partial charge in [0.05, 0.1) is 0 Å². The standard InChI is InChI=1S/C15H27N3O2/c1-11(19)17-14-6-7-18(10-14)15(20)8-12-2-4-13(9-16)5-3-12/h12-14H,2-10,16H2,1H3,(H,17,19). The predicted octanol–water partition coefficient (Wildman–Crippen LogP) is 0.879. The van der Waals surface area contributed by atoms with Gasteiger partial charge in [0.25, 0.3) is 0 Å². The molecule has 5 nitrogen and oxygen atoms in total. The third-order valence-electron chi connectivity index (χ3n) is 4.71. The number of nitrogens with two attached hydrogens (primary N) is 1. The molecule has 1 heterocycles. The molecule has 1 atom stereocenters. The first-order chi connectivity index (χ1) is 9.58. The quantitative estimate of drug-likeness (QED) is 0.803. The van der Waals surface area contributed by atoms with E-state index >= 15 is 0 Å². The molecular formula is C15H27N3O2. The Morgan fingerprint density at radius 3 is 2.40 bits per heavy atom. The van der Waals surface area contributed by atoms with Crippen LogP contribution in [0, 0.1) is 11.8 Å². The molecule has 1 saturated carbocycles. The van der Waals surface area contributed by atoms with Gasteiger partial charge in [-0.3, -0.25) is 9.59 Å². The Morgan fingerprint density at radius 2 is 1.80 bits per heavy atom. The Labute approximate surface area is 121 Å². The summed E-state index contributed by atoms with van der Waals surface area (Å²) < 4.78 is 0. The summed E-state index contributed by atoms with van der Waals surface area (Å²) in [5.74, 6) is 1.45. The van der Waals surface area contributed by atoms with Crippen LogP contribution in [0.15, 0.2) is 0 Å². The van der Waals surface area contributed by atoms with Gasteiger partial charge in [-0.15, -0.1) is 0 Å². The summed E-state index contributed by atoms with van der Waals surface area (Å²) in [6, 6.07) is 0.143. The van der Waals surface area contributed by atoms with Crippen LogP contribution in [0.5, 0.6) is 0 Å². The first-order valence-corrected chi connectivity index (χ1v) is 7.83. The topological polar surface area (TPSA) is 75.4 Å². The van der Waals surface area contributed by atoms with Crippen molar-refractivity contribution in [3.05, 3.63) is 0 Å².